The molecule has 1 nitrogen and oxygen atoms in total. The van der Waals surface area contributed by atoms with Crippen LogP contribution in [0, 0.1) is 6.92 Å². The largest absolute Gasteiger partial charge is 0.418 e. The Balaban J connectivity index is 2.20. The van der Waals surface area contributed by atoms with Gasteiger partial charge in [0.2, 0.25) is 0 Å². The van der Waals surface area contributed by atoms with Crippen molar-refractivity contribution < 1.29 is 13.2 Å². The molecular weight excluding hydrogens is 331 g/mol. The Morgan fingerprint density at radius 3 is 2.30 bits per heavy atom. The van der Waals surface area contributed by atoms with E-state index in [0.717, 1.165) is 17.2 Å². The van der Waals surface area contributed by atoms with Crippen molar-refractivity contribution >= 4 is 21.6 Å². The van der Waals surface area contributed by atoms with Gasteiger partial charge in [0.1, 0.15) is 0 Å². The topological polar surface area (TPSA) is 12.0 Å². The number of halogens is 4. The number of alkyl halides is 3. The van der Waals surface area contributed by atoms with Gasteiger partial charge in [0.15, 0.2) is 0 Å². The molecule has 2 rings (SSSR count). The summed E-state index contributed by atoms with van der Waals surface area (Å²) in [6.45, 7) is 2.31. The molecule has 0 aromatic heterocycles. The fourth-order valence-electron chi connectivity index (χ4n) is 1.81. The number of nitrogens with one attached hydrogen (secondary N) is 1. The molecule has 1 N–H and O–H groups in total. The second kappa shape index (κ2) is 5.87. The first-order valence-electron chi connectivity index (χ1n) is 6.02. The lowest BCUT2D eigenvalue weighted by Crippen LogP contribution is -2.10. The lowest BCUT2D eigenvalue weighted by Gasteiger charge is -2.15. The van der Waals surface area contributed by atoms with Crippen molar-refractivity contribution in [3.8, 4) is 0 Å². The average Bonchev–Trinajstić information content (AvgIpc) is 2.36. The highest BCUT2D eigenvalue weighted by molar-refractivity contribution is 9.10. The van der Waals surface area contributed by atoms with Gasteiger partial charge in [-0.3, -0.25) is 0 Å². The van der Waals surface area contributed by atoms with Crippen molar-refractivity contribution in [3.63, 3.8) is 0 Å². The molecule has 106 valence electrons. The summed E-state index contributed by atoms with van der Waals surface area (Å²) in [6.07, 6.45) is -4.36. The standard InChI is InChI=1S/C15H13BrF3N/c1-10-2-4-11(5-3-10)9-20-14-8-12(16)6-7-13(14)15(17,18)19/h2-8,20H,9H2,1H3. The van der Waals surface area contributed by atoms with E-state index in [1.54, 1.807) is 0 Å². The SMILES string of the molecule is Cc1ccc(CNc2cc(Br)ccc2C(F)(F)F)cc1. The molecule has 2 aromatic rings. The first-order valence-corrected chi connectivity index (χ1v) is 6.82. The van der Waals surface area contributed by atoms with E-state index in [4.69, 9.17) is 0 Å². The smallest absolute Gasteiger partial charge is 0.380 e. The van der Waals surface area contributed by atoms with E-state index in [-0.39, 0.29) is 5.69 Å². The van der Waals surface area contributed by atoms with Gasteiger partial charge in [-0.15, -0.1) is 0 Å². The number of aryl methyl sites for hydroxylation is 1. The molecule has 20 heavy (non-hydrogen) atoms. The fraction of sp³-hybridized carbons (Fsp3) is 0.200. The van der Waals surface area contributed by atoms with E-state index in [2.05, 4.69) is 21.2 Å². The Labute approximate surface area is 123 Å². The Hall–Kier alpha value is -1.49. The normalized spacial score (nSPS) is 11.4. The van der Waals surface area contributed by atoms with Crippen LogP contribution in [0.1, 0.15) is 16.7 Å². The van der Waals surface area contributed by atoms with Crippen LogP contribution in [0.5, 0.6) is 0 Å². The van der Waals surface area contributed by atoms with Gasteiger partial charge >= 0.3 is 6.18 Å². The lowest BCUT2D eigenvalue weighted by atomic mass is 10.1. The molecule has 0 saturated carbocycles. The highest BCUT2D eigenvalue weighted by Crippen LogP contribution is 2.36. The van der Waals surface area contributed by atoms with Crippen molar-refractivity contribution in [2.45, 2.75) is 19.6 Å². The van der Waals surface area contributed by atoms with E-state index >= 15 is 0 Å². The zero-order chi connectivity index (χ0) is 14.8. The number of hydrogen-bond donors (Lipinski definition) is 1. The van der Waals surface area contributed by atoms with Crippen LogP contribution in [0.3, 0.4) is 0 Å². The van der Waals surface area contributed by atoms with Crippen LogP contribution in [0.2, 0.25) is 0 Å². The quantitative estimate of drug-likeness (QED) is 0.787. The summed E-state index contributed by atoms with van der Waals surface area (Å²) in [4.78, 5) is 0. The molecule has 0 spiro atoms. The van der Waals surface area contributed by atoms with Gasteiger partial charge in [0, 0.05) is 16.7 Å². The summed E-state index contributed by atoms with van der Waals surface area (Å²) in [5, 5.41) is 2.85. The zero-order valence-corrected chi connectivity index (χ0v) is 12.3. The summed E-state index contributed by atoms with van der Waals surface area (Å²) in [6, 6.07) is 11.6. The molecule has 0 atom stereocenters. The molecule has 0 radical (unpaired) electrons. The summed E-state index contributed by atoms with van der Waals surface area (Å²) in [5.74, 6) is 0. The van der Waals surface area contributed by atoms with Gasteiger partial charge in [-0.05, 0) is 30.7 Å². The number of benzene rings is 2. The lowest BCUT2D eigenvalue weighted by molar-refractivity contribution is -0.137. The zero-order valence-electron chi connectivity index (χ0n) is 10.8. The Morgan fingerprint density at radius 2 is 1.70 bits per heavy atom. The maximum Gasteiger partial charge on any atom is 0.418 e. The number of hydrogen-bond acceptors (Lipinski definition) is 1. The van der Waals surface area contributed by atoms with Crippen LogP contribution in [-0.4, -0.2) is 0 Å². The van der Waals surface area contributed by atoms with Crippen LogP contribution in [-0.2, 0) is 12.7 Å². The Bertz CT molecular complexity index is 591. The van der Waals surface area contributed by atoms with E-state index in [1.165, 1.54) is 12.1 Å². The predicted molar refractivity (Wildman–Crippen MR) is 77.6 cm³/mol. The number of anilines is 1. The summed E-state index contributed by atoms with van der Waals surface area (Å²) in [7, 11) is 0. The van der Waals surface area contributed by atoms with Crippen molar-refractivity contribution in [1.82, 2.24) is 0 Å². The van der Waals surface area contributed by atoms with Crippen molar-refractivity contribution in [2.24, 2.45) is 0 Å². The predicted octanol–water partition coefficient (Wildman–Crippen LogP) is 5.39. The molecule has 0 fully saturated rings. The second-order valence-electron chi connectivity index (χ2n) is 4.53. The van der Waals surface area contributed by atoms with Crippen molar-refractivity contribution in [1.29, 1.82) is 0 Å². The fourth-order valence-corrected chi connectivity index (χ4v) is 2.17. The third-order valence-corrected chi connectivity index (χ3v) is 3.38. The maximum absolute atomic E-state index is 12.9. The molecule has 0 unspecified atom stereocenters. The summed E-state index contributed by atoms with van der Waals surface area (Å²) in [5.41, 5.74) is 1.47. The molecule has 5 heteroatoms. The van der Waals surface area contributed by atoms with Crippen LogP contribution in [0.4, 0.5) is 18.9 Å². The van der Waals surface area contributed by atoms with E-state index in [1.807, 2.05) is 31.2 Å². The van der Waals surface area contributed by atoms with Gasteiger partial charge in [0.25, 0.3) is 0 Å². The van der Waals surface area contributed by atoms with Crippen LogP contribution < -0.4 is 5.32 Å². The van der Waals surface area contributed by atoms with Crippen LogP contribution in [0.25, 0.3) is 0 Å². The number of rotatable bonds is 3. The van der Waals surface area contributed by atoms with Crippen LogP contribution in [0.15, 0.2) is 46.9 Å². The first-order chi connectivity index (χ1) is 9.36. The van der Waals surface area contributed by atoms with E-state index < -0.39 is 11.7 Å². The molecule has 0 aliphatic carbocycles. The van der Waals surface area contributed by atoms with Gasteiger partial charge in [0.05, 0.1) is 5.56 Å². The molecule has 0 saturated heterocycles. The summed E-state index contributed by atoms with van der Waals surface area (Å²) >= 11 is 3.19. The molecule has 0 heterocycles. The summed E-state index contributed by atoms with van der Waals surface area (Å²) < 4.78 is 39.3. The second-order valence-corrected chi connectivity index (χ2v) is 5.44. The molecule has 0 aliphatic heterocycles. The molecule has 0 aliphatic rings. The monoisotopic (exact) mass is 343 g/mol. The molecule has 0 bridgehead atoms. The van der Waals surface area contributed by atoms with Crippen LogP contribution >= 0.6 is 15.9 Å². The van der Waals surface area contributed by atoms with E-state index in [0.29, 0.717) is 11.0 Å². The highest BCUT2D eigenvalue weighted by atomic mass is 79.9. The molecule has 2 aromatic carbocycles. The van der Waals surface area contributed by atoms with Gasteiger partial charge < -0.3 is 5.32 Å². The van der Waals surface area contributed by atoms with Gasteiger partial charge in [-0.2, -0.15) is 13.2 Å². The van der Waals surface area contributed by atoms with Crippen molar-refractivity contribution in [2.75, 3.05) is 5.32 Å². The third kappa shape index (κ3) is 3.76. The Kier molecular flexibility index (Phi) is 4.38. The minimum absolute atomic E-state index is 0.0763. The highest BCUT2D eigenvalue weighted by Gasteiger charge is 2.33. The minimum atomic E-state index is -4.36. The molecular formula is C15H13BrF3N. The molecule has 0 amide bonds. The third-order valence-electron chi connectivity index (χ3n) is 2.89. The first kappa shape index (κ1) is 14.9. The minimum Gasteiger partial charge on any atom is -0.380 e. The maximum atomic E-state index is 12.9. The van der Waals surface area contributed by atoms with Gasteiger partial charge in [-0.1, -0.05) is 45.8 Å². The average molecular weight is 344 g/mol. The van der Waals surface area contributed by atoms with Crippen molar-refractivity contribution in [3.05, 3.63) is 63.6 Å². The van der Waals surface area contributed by atoms with E-state index in [9.17, 15) is 13.2 Å². The Morgan fingerprint density at radius 1 is 1.05 bits per heavy atom. The van der Waals surface area contributed by atoms with Gasteiger partial charge in [-0.25, -0.2) is 0 Å².